The Hall–Kier alpha value is -2.20. The summed E-state index contributed by atoms with van der Waals surface area (Å²) in [6, 6.07) is 2.31. The largest absolute Gasteiger partial charge is 0.399 e. The maximum absolute atomic E-state index is 12.0. The fourth-order valence-corrected chi connectivity index (χ4v) is 1.75. The lowest BCUT2D eigenvalue weighted by Gasteiger charge is -2.16. The molecule has 0 aliphatic carbocycles. The average molecular weight is 357 g/mol. The van der Waals surface area contributed by atoms with Gasteiger partial charge in [0, 0.05) is 16.8 Å². The van der Waals surface area contributed by atoms with Crippen LogP contribution in [-0.2, 0) is 0 Å². The molecule has 2 amide bonds. The zero-order valence-corrected chi connectivity index (χ0v) is 14.4. The topological polar surface area (TPSA) is 165 Å². The highest BCUT2D eigenvalue weighted by molar-refractivity contribution is 6.01. The van der Waals surface area contributed by atoms with Gasteiger partial charge in [0.15, 0.2) is 0 Å². The van der Waals surface area contributed by atoms with E-state index in [-0.39, 0.29) is 16.8 Å². The van der Waals surface area contributed by atoms with Crippen molar-refractivity contribution in [3.63, 3.8) is 0 Å². The van der Waals surface area contributed by atoms with Gasteiger partial charge in [-0.25, -0.2) is 0 Å². The second-order valence-electron chi connectivity index (χ2n) is 4.91. The Bertz CT molecular complexity index is 500. The van der Waals surface area contributed by atoms with Crippen molar-refractivity contribution in [1.82, 2.24) is 10.6 Å². The summed E-state index contributed by atoms with van der Waals surface area (Å²) in [5.41, 5.74) is 5.98. The summed E-state index contributed by atoms with van der Waals surface area (Å²) < 4.78 is 0. The molecule has 1 aromatic rings. The van der Waals surface area contributed by atoms with Gasteiger partial charge < -0.3 is 36.8 Å². The maximum atomic E-state index is 12.0. The quantitative estimate of drug-likeness (QED) is 0.277. The van der Waals surface area contributed by atoms with Crippen LogP contribution in [0.3, 0.4) is 0 Å². The summed E-state index contributed by atoms with van der Waals surface area (Å²) in [6.45, 7) is 2.25. The van der Waals surface area contributed by atoms with E-state index in [9.17, 15) is 9.59 Å². The fraction of sp³-hybridized carbons (Fsp3) is 0.500. The number of rotatable bonds is 8. The zero-order chi connectivity index (χ0) is 19.4. The van der Waals surface area contributed by atoms with E-state index >= 15 is 0 Å². The first kappa shape index (κ1) is 22.8. The molecule has 0 aromatic heterocycles. The summed E-state index contributed by atoms with van der Waals surface area (Å²) in [6.07, 6.45) is 0. The Morgan fingerprint density at radius 3 is 1.44 bits per heavy atom. The number of hydrogen-bond donors (Lipinski definition) is 7. The number of hydrogen-bond acceptors (Lipinski definition) is 7. The van der Waals surface area contributed by atoms with E-state index in [1.54, 1.807) is 0 Å². The number of nitrogens with two attached hydrogens (primary N) is 1. The first-order valence-corrected chi connectivity index (χ1v) is 7.90. The van der Waals surface area contributed by atoms with Crippen LogP contribution in [0.2, 0.25) is 0 Å². The highest BCUT2D eigenvalue weighted by Gasteiger charge is 2.17. The number of carbonyl (C=O) groups is 2. The van der Waals surface area contributed by atoms with E-state index in [0.29, 0.717) is 0 Å². The molecule has 9 heteroatoms. The van der Waals surface area contributed by atoms with Gasteiger partial charge in [0.1, 0.15) is 0 Å². The number of aliphatic hydroxyl groups excluding tert-OH is 4. The third-order valence-corrected chi connectivity index (χ3v) is 3.03. The first-order chi connectivity index (χ1) is 11.9. The molecule has 0 unspecified atom stereocenters. The number of amides is 2. The number of benzene rings is 1. The Balaban J connectivity index is 0.00000277. The van der Waals surface area contributed by atoms with Crippen LogP contribution in [0.5, 0.6) is 0 Å². The van der Waals surface area contributed by atoms with Crippen LogP contribution in [0.25, 0.3) is 0 Å². The molecule has 0 heterocycles. The van der Waals surface area contributed by atoms with Gasteiger partial charge in [-0.2, -0.15) is 0 Å². The van der Waals surface area contributed by atoms with Crippen LogP contribution in [-0.4, -0.2) is 70.8 Å². The number of nitrogens with one attached hydrogen (secondary N) is 2. The van der Waals surface area contributed by atoms with E-state index < -0.39 is 50.3 Å². The molecule has 0 fully saturated rings. The van der Waals surface area contributed by atoms with Gasteiger partial charge in [0.2, 0.25) is 0 Å². The summed E-state index contributed by atoms with van der Waals surface area (Å²) in [4.78, 5) is 24.1. The molecule has 8 N–H and O–H groups in total. The van der Waals surface area contributed by atoms with Gasteiger partial charge in [-0.1, -0.05) is 13.8 Å². The minimum absolute atomic E-state index is 0.0756. The molecule has 9 nitrogen and oxygen atoms in total. The first-order valence-electron chi connectivity index (χ1n) is 7.90. The van der Waals surface area contributed by atoms with Crippen molar-refractivity contribution in [3.05, 3.63) is 29.3 Å². The predicted molar refractivity (Wildman–Crippen MR) is 93.1 cm³/mol. The van der Waals surface area contributed by atoms with Gasteiger partial charge in [-0.15, -0.1) is 0 Å². The second-order valence-corrected chi connectivity index (χ2v) is 4.91. The molecule has 0 atom stereocenters. The van der Waals surface area contributed by atoms with Crippen molar-refractivity contribution in [2.45, 2.75) is 25.9 Å². The van der Waals surface area contributed by atoms with Gasteiger partial charge in [-0.3, -0.25) is 9.59 Å². The van der Waals surface area contributed by atoms with E-state index in [1.807, 2.05) is 13.8 Å². The fourth-order valence-electron chi connectivity index (χ4n) is 1.75. The van der Waals surface area contributed by atoms with Gasteiger partial charge >= 0.3 is 0 Å². The van der Waals surface area contributed by atoms with Crippen LogP contribution in [0.15, 0.2) is 18.2 Å². The molecule has 25 heavy (non-hydrogen) atoms. The Morgan fingerprint density at radius 2 is 1.16 bits per heavy atom. The molecular weight excluding hydrogens is 330 g/mol. The number of aliphatic hydroxyl groups is 4. The average Bonchev–Trinajstić information content (AvgIpc) is 2.64. The normalized spacial score (nSPS) is 10.2. The van der Waals surface area contributed by atoms with Crippen molar-refractivity contribution in [3.8, 4) is 0 Å². The number of anilines is 1. The minimum Gasteiger partial charge on any atom is -0.399 e. The molecule has 1 aromatic carbocycles. The Labute approximate surface area is 146 Å². The van der Waals surface area contributed by atoms with Crippen LogP contribution >= 0.6 is 0 Å². The number of nitrogen functional groups attached to an aromatic ring is 1. The third-order valence-electron chi connectivity index (χ3n) is 3.03. The van der Waals surface area contributed by atoms with Crippen LogP contribution < -0.4 is 16.4 Å². The summed E-state index contributed by atoms with van der Waals surface area (Å²) in [5, 5.41) is 40.6. The second kappa shape index (κ2) is 12.2. The molecule has 0 saturated carbocycles. The molecule has 0 bridgehead atoms. The van der Waals surface area contributed by atoms with Gasteiger partial charge in [-0.05, 0) is 18.2 Å². The van der Waals surface area contributed by atoms with Gasteiger partial charge in [0.25, 0.3) is 11.8 Å². The smallest absolute Gasteiger partial charge is 0.251 e. The lowest BCUT2D eigenvalue weighted by atomic mass is 10.1. The van der Waals surface area contributed by atoms with Crippen molar-refractivity contribution >= 4 is 17.5 Å². The highest BCUT2D eigenvalue weighted by atomic mass is 16.3. The lowest BCUT2D eigenvalue weighted by molar-refractivity contribution is 0.0877. The molecule has 0 spiro atoms. The van der Waals surface area contributed by atoms with Crippen LogP contribution in [0.1, 0.15) is 34.6 Å². The predicted octanol–water partition coefficient (Wildman–Crippen LogP) is -1.54. The molecule has 1 rings (SSSR count). The standard InChI is InChI=1S/C14H21N3O6.C2H6/c15-10-2-8(13(22)16-11(4-18)5-19)1-9(3-10)14(23)17-12(6-20)7-21;1-2/h1-3,11-12,18-21H,4-7,15H2,(H,16,22)(H,17,23);1-2H3. The Morgan fingerprint density at radius 1 is 0.840 bits per heavy atom. The lowest BCUT2D eigenvalue weighted by Crippen LogP contribution is -2.41. The minimum atomic E-state index is -0.825. The van der Waals surface area contributed by atoms with E-state index in [2.05, 4.69) is 10.6 Å². The Kier molecular flexibility index (Phi) is 11.1. The molecule has 142 valence electrons. The van der Waals surface area contributed by atoms with E-state index in [1.165, 1.54) is 18.2 Å². The maximum Gasteiger partial charge on any atom is 0.251 e. The van der Waals surface area contributed by atoms with Crippen molar-refractivity contribution < 1.29 is 30.0 Å². The third kappa shape index (κ3) is 7.48. The SMILES string of the molecule is CC.Nc1cc(C(=O)NC(CO)CO)cc(C(=O)NC(CO)CO)c1. The molecule has 0 aliphatic heterocycles. The molecule has 0 radical (unpaired) electrons. The molecular formula is C16H27N3O6. The highest BCUT2D eigenvalue weighted by Crippen LogP contribution is 2.13. The zero-order valence-electron chi connectivity index (χ0n) is 14.4. The summed E-state index contributed by atoms with van der Waals surface area (Å²) in [7, 11) is 0. The van der Waals surface area contributed by atoms with Crippen molar-refractivity contribution in [1.29, 1.82) is 0 Å². The van der Waals surface area contributed by atoms with Crippen molar-refractivity contribution in [2.75, 3.05) is 32.2 Å². The van der Waals surface area contributed by atoms with Gasteiger partial charge in [0.05, 0.1) is 38.5 Å². The van der Waals surface area contributed by atoms with Crippen LogP contribution in [0, 0.1) is 0 Å². The summed E-state index contributed by atoms with van der Waals surface area (Å²) in [5.74, 6) is -1.22. The number of carbonyl (C=O) groups excluding carboxylic acids is 2. The monoisotopic (exact) mass is 357 g/mol. The molecule has 0 saturated heterocycles. The molecule has 0 aliphatic rings. The van der Waals surface area contributed by atoms with E-state index in [0.717, 1.165) is 0 Å². The van der Waals surface area contributed by atoms with Crippen molar-refractivity contribution in [2.24, 2.45) is 0 Å². The van der Waals surface area contributed by atoms with E-state index in [4.69, 9.17) is 26.2 Å². The summed E-state index contributed by atoms with van der Waals surface area (Å²) >= 11 is 0. The van der Waals surface area contributed by atoms with Crippen LogP contribution in [0.4, 0.5) is 5.69 Å².